The second-order valence-electron chi connectivity index (χ2n) is 6.23. The zero-order valence-corrected chi connectivity index (χ0v) is 17.2. The summed E-state index contributed by atoms with van der Waals surface area (Å²) >= 11 is 8.76. The Kier molecular flexibility index (Phi) is 5.67. The Hall–Kier alpha value is -2.34. The zero-order chi connectivity index (χ0) is 19.5. The van der Waals surface area contributed by atoms with Crippen LogP contribution >= 0.6 is 34.7 Å². The van der Waals surface area contributed by atoms with E-state index < -0.39 is 0 Å². The van der Waals surface area contributed by atoms with Crippen LogP contribution < -0.4 is 0 Å². The van der Waals surface area contributed by atoms with Gasteiger partial charge >= 0.3 is 0 Å². The summed E-state index contributed by atoms with van der Waals surface area (Å²) in [5.41, 5.74) is 1.54. The van der Waals surface area contributed by atoms with Crippen LogP contribution in [0.5, 0.6) is 0 Å². The molecule has 0 saturated carbocycles. The van der Waals surface area contributed by atoms with Gasteiger partial charge in [0.2, 0.25) is 0 Å². The molecule has 1 aliphatic rings. The van der Waals surface area contributed by atoms with Gasteiger partial charge in [0.05, 0.1) is 10.5 Å². The Morgan fingerprint density at radius 1 is 0.893 bits per heavy atom. The lowest BCUT2D eigenvalue weighted by Gasteiger charge is -2.15. The number of halogens is 1. The van der Waals surface area contributed by atoms with Gasteiger partial charge in [-0.05, 0) is 47.7 Å². The van der Waals surface area contributed by atoms with Gasteiger partial charge in [-0.1, -0.05) is 59.8 Å². The van der Waals surface area contributed by atoms with Gasteiger partial charge in [0.15, 0.2) is 0 Å². The number of hydrogen-bond acceptors (Lipinski definition) is 4. The number of thiophene rings is 1. The van der Waals surface area contributed by atoms with Gasteiger partial charge in [0.1, 0.15) is 0 Å². The minimum atomic E-state index is -0.226. The highest BCUT2D eigenvalue weighted by molar-refractivity contribution is 8.04. The van der Waals surface area contributed by atoms with Crippen molar-refractivity contribution in [3.63, 3.8) is 0 Å². The summed E-state index contributed by atoms with van der Waals surface area (Å²) < 4.78 is 0. The Bertz CT molecular complexity index is 1030. The molecule has 2 heterocycles. The second kappa shape index (κ2) is 8.35. The second-order valence-corrected chi connectivity index (χ2v) is 8.70. The van der Waals surface area contributed by atoms with Crippen LogP contribution in [0.4, 0.5) is 0 Å². The minimum Gasteiger partial charge on any atom is -0.273 e. The molecule has 3 aromatic rings. The van der Waals surface area contributed by atoms with E-state index >= 15 is 0 Å². The molecule has 0 spiro atoms. The molecular formula is C22H16ClNO2S2. The van der Waals surface area contributed by atoms with Gasteiger partial charge in [-0.15, -0.1) is 11.3 Å². The van der Waals surface area contributed by atoms with Crippen LogP contribution in [0.25, 0.3) is 5.57 Å². The van der Waals surface area contributed by atoms with Gasteiger partial charge in [-0.25, -0.2) is 0 Å². The topological polar surface area (TPSA) is 37.4 Å². The third-order valence-electron chi connectivity index (χ3n) is 4.39. The monoisotopic (exact) mass is 425 g/mol. The molecule has 1 aromatic heterocycles. The van der Waals surface area contributed by atoms with Crippen molar-refractivity contribution in [3.8, 4) is 0 Å². The first-order valence-corrected chi connectivity index (χ1v) is 10.8. The van der Waals surface area contributed by atoms with Crippen LogP contribution in [-0.4, -0.2) is 23.3 Å². The van der Waals surface area contributed by atoms with Gasteiger partial charge < -0.3 is 0 Å². The van der Waals surface area contributed by atoms with E-state index in [1.807, 2.05) is 72.1 Å². The van der Waals surface area contributed by atoms with E-state index in [4.69, 9.17) is 11.6 Å². The third kappa shape index (κ3) is 3.92. The summed E-state index contributed by atoms with van der Waals surface area (Å²) in [4.78, 5) is 29.8. The molecule has 0 bridgehead atoms. The first-order valence-electron chi connectivity index (χ1n) is 8.75. The molecule has 6 heteroatoms. The number of benzene rings is 2. The predicted molar refractivity (Wildman–Crippen MR) is 115 cm³/mol. The van der Waals surface area contributed by atoms with Gasteiger partial charge in [-0.3, -0.25) is 14.5 Å². The van der Waals surface area contributed by atoms with Crippen molar-refractivity contribution in [1.82, 2.24) is 4.90 Å². The number of thioether (sulfide) groups is 1. The smallest absolute Gasteiger partial charge is 0.268 e. The summed E-state index contributed by atoms with van der Waals surface area (Å²) in [5, 5.41) is 2.58. The number of nitrogens with zero attached hydrogens (tertiary/aromatic N) is 1. The highest BCUT2D eigenvalue weighted by atomic mass is 35.5. The van der Waals surface area contributed by atoms with E-state index in [1.165, 1.54) is 28.0 Å². The van der Waals surface area contributed by atoms with Crippen molar-refractivity contribution in [2.45, 2.75) is 11.3 Å². The summed E-state index contributed by atoms with van der Waals surface area (Å²) in [6.45, 7) is 0.340. The number of carbonyl (C=O) groups excluding carboxylic acids is 2. The van der Waals surface area contributed by atoms with Gasteiger partial charge in [0, 0.05) is 21.3 Å². The minimum absolute atomic E-state index is 0.222. The Balaban J connectivity index is 1.60. The lowest BCUT2D eigenvalue weighted by Crippen LogP contribution is -2.33. The first kappa shape index (κ1) is 19.0. The fourth-order valence-corrected chi connectivity index (χ4v) is 4.97. The van der Waals surface area contributed by atoms with Crippen molar-refractivity contribution < 1.29 is 9.59 Å². The molecule has 4 rings (SSSR count). The third-order valence-corrected chi connectivity index (χ3v) is 6.62. The number of amides is 2. The Morgan fingerprint density at radius 3 is 2.32 bits per heavy atom. The average molecular weight is 426 g/mol. The Labute approximate surface area is 176 Å². The predicted octanol–water partition coefficient (Wildman–Crippen LogP) is 5.52. The summed E-state index contributed by atoms with van der Waals surface area (Å²) in [5.74, 6) is -0.448. The SMILES string of the molecule is O=C1C(Sc2ccccc2)=C(c2cccs2)C(=O)N1CCc1ccc(Cl)cc1. The van der Waals surface area contributed by atoms with Crippen molar-refractivity contribution in [1.29, 1.82) is 0 Å². The molecule has 140 valence electrons. The van der Waals surface area contributed by atoms with Crippen LogP contribution in [0.15, 0.2) is 81.9 Å². The maximum atomic E-state index is 13.1. The van der Waals surface area contributed by atoms with E-state index in [9.17, 15) is 9.59 Å². The summed E-state index contributed by atoms with van der Waals surface area (Å²) in [7, 11) is 0. The fraction of sp³-hybridized carbons (Fsp3) is 0.0909. The summed E-state index contributed by atoms with van der Waals surface area (Å²) in [6.07, 6.45) is 0.593. The molecule has 2 aromatic carbocycles. The molecule has 3 nitrogen and oxygen atoms in total. The van der Waals surface area contributed by atoms with Crippen molar-refractivity contribution in [3.05, 3.63) is 92.5 Å². The average Bonchev–Trinajstić information content (AvgIpc) is 3.30. The Morgan fingerprint density at radius 2 is 1.64 bits per heavy atom. The van der Waals surface area contributed by atoms with Crippen LogP contribution in [0.1, 0.15) is 10.4 Å². The van der Waals surface area contributed by atoms with E-state index in [1.54, 1.807) is 0 Å². The molecule has 28 heavy (non-hydrogen) atoms. The molecule has 0 N–H and O–H groups in total. The number of carbonyl (C=O) groups is 2. The quantitative estimate of drug-likeness (QED) is 0.488. The lowest BCUT2D eigenvalue weighted by atomic mass is 10.1. The van der Waals surface area contributed by atoms with Crippen molar-refractivity contribution in [2.75, 3.05) is 6.54 Å². The maximum Gasteiger partial charge on any atom is 0.268 e. The standard InChI is InChI=1S/C22H16ClNO2S2/c23-16-10-8-15(9-11-16)12-13-24-21(25)19(18-7-4-14-27-18)20(22(24)26)28-17-5-2-1-3-6-17/h1-11,14H,12-13H2. The van der Waals surface area contributed by atoms with Crippen molar-refractivity contribution >= 4 is 52.1 Å². The number of hydrogen-bond donors (Lipinski definition) is 0. The van der Waals surface area contributed by atoms with Crippen LogP contribution in [0, 0.1) is 0 Å². The molecule has 0 radical (unpaired) electrons. The van der Waals surface area contributed by atoms with Crippen LogP contribution in [-0.2, 0) is 16.0 Å². The molecule has 0 unspecified atom stereocenters. The molecular weight excluding hydrogens is 410 g/mol. The van der Waals surface area contributed by atoms with E-state index in [-0.39, 0.29) is 11.8 Å². The van der Waals surface area contributed by atoms with Crippen LogP contribution in [0.2, 0.25) is 5.02 Å². The van der Waals surface area contributed by atoms with Crippen LogP contribution in [0.3, 0.4) is 0 Å². The summed E-state index contributed by atoms with van der Waals surface area (Å²) in [6, 6.07) is 20.9. The van der Waals surface area contributed by atoms with E-state index in [0.717, 1.165) is 15.3 Å². The molecule has 0 aliphatic carbocycles. The molecule has 0 saturated heterocycles. The number of imide groups is 1. The zero-order valence-electron chi connectivity index (χ0n) is 14.8. The number of rotatable bonds is 6. The highest BCUT2D eigenvalue weighted by Gasteiger charge is 2.39. The maximum absolute atomic E-state index is 13.1. The van der Waals surface area contributed by atoms with E-state index in [2.05, 4.69) is 0 Å². The molecule has 2 amide bonds. The van der Waals surface area contributed by atoms with Gasteiger partial charge in [-0.2, -0.15) is 0 Å². The molecule has 1 aliphatic heterocycles. The van der Waals surface area contributed by atoms with Gasteiger partial charge in [0.25, 0.3) is 11.8 Å². The van der Waals surface area contributed by atoms with Crippen molar-refractivity contribution in [2.24, 2.45) is 0 Å². The molecule has 0 fully saturated rings. The largest absolute Gasteiger partial charge is 0.273 e. The van der Waals surface area contributed by atoms with E-state index in [0.29, 0.717) is 28.5 Å². The molecule has 0 atom stereocenters. The lowest BCUT2D eigenvalue weighted by molar-refractivity contribution is -0.136. The highest BCUT2D eigenvalue weighted by Crippen LogP contribution is 2.40. The normalized spacial score (nSPS) is 14.2. The fourth-order valence-electron chi connectivity index (χ4n) is 2.99. The first-order chi connectivity index (χ1) is 13.6.